The van der Waals surface area contributed by atoms with Gasteiger partial charge in [-0.3, -0.25) is 14.5 Å². The van der Waals surface area contributed by atoms with Crippen LogP contribution in [0.1, 0.15) is 22.3 Å². The van der Waals surface area contributed by atoms with E-state index < -0.39 is 0 Å². The molecule has 1 N–H and O–H groups in total. The van der Waals surface area contributed by atoms with Crippen LogP contribution in [-0.2, 0) is 17.9 Å². The molecule has 2 heterocycles. The average molecular weight is 284 g/mol. The Morgan fingerprint density at radius 1 is 1.29 bits per heavy atom. The van der Waals surface area contributed by atoms with Crippen LogP contribution in [-0.4, -0.2) is 28.6 Å². The largest absolute Gasteiger partial charge is 0.355 e. The standard InChI is InChI=1S/C15H16N4O2/c1-16-15(21)12-4-2-11(3-5-12)10-18-13-6-8-17-19(13)9-7-14(18)20/h2-6,8H,7,9-10H2,1H3,(H,16,21). The lowest BCUT2D eigenvalue weighted by molar-refractivity contribution is -0.119. The Hall–Kier alpha value is -2.63. The number of amides is 2. The molecule has 1 aliphatic heterocycles. The molecule has 0 atom stereocenters. The molecule has 6 nitrogen and oxygen atoms in total. The first-order valence-electron chi connectivity index (χ1n) is 6.82. The highest BCUT2D eigenvalue weighted by molar-refractivity contribution is 5.94. The van der Waals surface area contributed by atoms with Crippen LogP contribution < -0.4 is 10.2 Å². The highest BCUT2D eigenvalue weighted by Crippen LogP contribution is 2.22. The number of rotatable bonds is 3. The zero-order chi connectivity index (χ0) is 14.8. The van der Waals surface area contributed by atoms with E-state index in [9.17, 15) is 9.59 Å². The van der Waals surface area contributed by atoms with Crippen LogP contribution in [0.4, 0.5) is 5.82 Å². The normalized spacial score (nSPS) is 14.0. The molecule has 0 fully saturated rings. The molecule has 0 aliphatic carbocycles. The number of hydrogen-bond donors (Lipinski definition) is 1. The second-order valence-corrected chi connectivity index (χ2v) is 4.92. The van der Waals surface area contributed by atoms with E-state index >= 15 is 0 Å². The molecular weight excluding hydrogens is 268 g/mol. The third kappa shape index (κ3) is 2.52. The summed E-state index contributed by atoms with van der Waals surface area (Å²) in [5.74, 6) is 0.800. The Balaban J connectivity index is 1.81. The predicted molar refractivity (Wildman–Crippen MR) is 77.9 cm³/mol. The summed E-state index contributed by atoms with van der Waals surface area (Å²) in [6.45, 7) is 1.12. The number of nitrogens with zero attached hydrogens (tertiary/aromatic N) is 3. The first kappa shape index (κ1) is 13.4. The molecule has 0 spiro atoms. The smallest absolute Gasteiger partial charge is 0.251 e. The van der Waals surface area contributed by atoms with Crippen LogP contribution in [0.3, 0.4) is 0 Å². The first-order chi connectivity index (χ1) is 10.2. The van der Waals surface area contributed by atoms with Crippen LogP contribution in [0.25, 0.3) is 0 Å². The third-order valence-electron chi connectivity index (χ3n) is 3.59. The number of hydrogen-bond acceptors (Lipinski definition) is 3. The van der Waals surface area contributed by atoms with E-state index in [1.54, 1.807) is 30.3 Å². The van der Waals surface area contributed by atoms with Gasteiger partial charge >= 0.3 is 0 Å². The van der Waals surface area contributed by atoms with Gasteiger partial charge in [0, 0.05) is 25.1 Å². The summed E-state index contributed by atoms with van der Waals surface area (Å²) >= 11 is 0. The molecule has 1 aromatic carbocycles. The van der Waals surface area contributed by atoms with Gasteiger partial charge in [-0.05, 0) is 17.7 Å². The fraction of sp³-hybridized carbons (Fsp3) is 0.267. The predicted octanol–water partition coefficient (Wildman–Crippen LogP) is 1.18. The van der Waals surface area contributed by atoms with Gasteiger partial charge in [0.25, 0.3) is 5.91 Å². The SMILES string of the molecule is CNC(=O)c1ccc(CN2C(=O)CCn3nccc32)cc1. The van der Waals surface area contributed by atoms with Crippen molar-refractivity contribution in [3.05, 3.63) is 47.7 Å². The van der Waals surface area contributed by atoms with Crippen molar-refractivity contribution < 1.29 is 9.59 Å². The molecule has 2 amide bonds. The quantitative estimate of drug-likeness (QED) is 0.920. The maximum absolute atomic E-state index is 12.1. The van der Waals surface area contributed by atoms with E-state index in [1.165, 1.54) is 0 Å². The number of aromatic nitrogens is 2. The minimum Gasteiger partial charge on any atom is -0.355 e. The van der Waals surface area contributed by atoms with E-state index in [0.717, 1.165) is 11.4 Å². The zero-order valence-corrected chi connectivity index (χ0v) is 11.7. The molecule has 6 heteroatoms. The van der Waals surface area contributed by atoms with E-state index in [-0.39, 0.29) is 11.8 Å². The van der Waals surface area contributed by atoms with E-state index in [1.807, 2.05) is 22.9 Å². The molecule has 0 unspecified atom stereocenters. The Bertz CT molecular complexity index is 675. The van der Waals surface area contributed by atoms with Gasteiger partial charge < -0.3 is 5.32 Å². The summed E-state index contributed by atoms with van der Waals surface area (Å²) in [6, 6.07) is 9.11. The highest BCUT2D eigenvalue weighted by Gasteiger charge is 2.24. The van der Waals surface area contributed by atoms with E-state index in [2.05, 4.69) is 10.4 Å². The van der Waals surface area contributed by atoms with Gasteiger partial charge in [-0.25, -0.2) is 4.68 Å². The number of anilines is 1. The summed E-state index contributed by atoms with van der Waals surface area (Å²) in [6.07, 6.45) is 2.17. The first-order valence-corrected chi connectivity index (χ1v) is 6.82. The minimum absolute atomic E-state index is 0.0957. The van der Waals surface area contributed by atoms with Crippen LogP contribution >= 0.6 is 0 Å². The van der Waals surface area contributed by atoms with Crippen molar-refractivity contribution in [2.75, 3.05) is 11.9 Å². The zero-order valence-electron chi connectivity index (χ0n) is 11.7. The number of nitrogens with one attached hydrogen (secondary N) is 1. The molecule has 3 rings (SSSR count). The fourth-order valence-corrected chi connectivity index (χ4v) is 2.45. The lowest BCUT2D eigenvalue weighted by atomic mass is 10.1. The summed E-state index contributed by atoms with van der Waals surface area (Å²) in [5, 5.41) is 6.78. The van der Waals surface area contributed by atoms with Crippen molar-refractivity contribution in [3.63, 3.8) is 0 Å². The van der Waals surface area contributed by atoms with Gasteiger partial charge in [-0.2, -0.15) is 5.10 Å². The molecule has 0 radical (unpaired) electrons. The highest BCUT2D eigenvalue weighted by atomic mass is 16.2. The molecule has 2 aromatic rings. The van der Waals surface area contributed by atoms with Gasteiger partial charge in [-0.15, -0.1) is 0 Å². The molecule has 1 aliphatic rings. The Morgan fingerprint density at radius 3 is 2.76 bits per heavy atom. The lowest BCUT2D eigenvalue weighted by Gasteiger charge is -2.27. The Labute approximate surface area is 122 Å². The maximum atomic E-state index is 12.1. The summed E-state index contributed by atoms with van der Waals surface area (Å²) in [7, 11) is 1.60. The van der Waals surface area contributed by atoms with Gasteiger partial charge in [0.2, 0.25) is 5.91 Å². The number of carbonyl (C=O) groups excluding carboxylic acids is 2. The third-order valence-corrected chi connectivity index (χ3v) is 3.59. The fourth-order valence-electron chi connectivity index (χ4n) is 2.45. The van der Waals surface area contributed by atoms with E-state index in [0.29, 0.717) is 25.1 Å². The van der Waals surface area contributed by atoms with Crippen molar-refractivity contribution in [2.24, 2.45) is 0 Å². The maximum Gasteiger partial charge on any atom is 0.251 e. The summed E-state index contributed by atoms with van der Waals surface area (Å²) < 4.78 is 1.83. The van der Waals surface area contributed by atoms with Crippen molar-refractivity contribution in [3.8, 4) is 0 Å². The topological polar surface area (TPSA) is 67.2 Å². The van der Waals surface area contributed by atoms with Crippen LogP contribution in [0.15, 0.2) is 36.5 Å². The molecule has 108 valence electrons. The van der Waals surface area contributed by atoms with Crippen molar-refractivity contribution in [2.45, 2.75) is 19.5 Å². The lowest BCUT2D eigenvalue weighted by Crippen LogP contribution is -2.36. The monoisotopic (exact) mass is 284 g/mol. The molecule has 0 bridgehead atoms. The Morgan fingerprint density at radius 2 is 2.05 bits per heavy atom. The van der Waals surface area contributed by atoms with Crippen molar-refractivity contribution in [1.29, 1.82) is 0 Å². The molecule has 21 heavy (non-hydrogen) atoms. The van der Waals surface area contributed by atoms with Gasteiger partial charge in [0.1, 0.15) is 5.82 Å². The number of aryl methyl sites for hydroxylation is 1. The van der Waals surface area contributed by atoms with Crippen LogP contribution in [0, 0.1) is 0 Å². The minimum atomic E-state index is -0.117. The van der Waals surface area contributed by atoms with Crippen LogP contribution in [0.2, 0.25) is 0 Å². The second-order valence-electron chi connectivity index (χ2n) is 4.92. The average Bonchev–Trinajstić information content (AvgIpc) is 2.99. The molecule has 0 saturated heterocycles. The number of fused-ring (bicyclic) bond motifs is 1. The number of carbonyl (C=O) groups is 2. The number of benzene rings is 1. The van der Waals surface area contributed by atoms with Crippen LogP contribution in [0.5, 0.6) is 0 Å². The second kappa shape index (κ2) is 5.40. The van der Waals surface area contributed by atoms with Gasteiger partial charge in [0.15, 0.2) is 0 Å². The summed E-state index contributed by atoms with van der Waals surface area (Å²) in [5.41, 5.74) is 1.59. The van der Waals surface area contributed by atoms with Gasteiger partial charge in [-0.1, -0.05) is 12.1 Å². The van der Waals surface area contributed by atoms with E-state index in [4.69, 9.17) is 0 Å². The van der Waals surface area contributed by atoms with Crippen molar-refractivity contribution >= 4 is 17.6 Å². The Kier molecular flexibility index (Phi) is 3.43. The molecule has 1 aromatic heterocycles. The summed E-state index contributed by atoms with van der Waals surface area (Å²) in [4.78, 5) is 25.3. The van der Waals surface area contributed by atoms with Gasteiger partial charge in [0.05, 0.1) is 19.3 Å². The van der Waals surface area contributed by atoms with Crippen molar-refractivity contribution in [1.82, 2.24) is 15.1 Å². The molecule has 0 saturated carbocycles. The molecular formula is C15H16N4O2.